The maximum Gasteiger partial charge on any atom is 0.227 e. The molecule has 2 fully saturated rings. The number of para-hydroxylation sites is 1. The quantitative estimate of drug-likeness (QED) is 0.921. The summed E-state index contributed by atoms with van der Waals surface area (Å²) in [5.74, 6) is 1.04. The van der Waals surface area contributed by atoms with Gasteiger partial charge in [0.25, 0.3) is 0 Å². The third-order valence-electron chi connectivity index (χ3n) is 4.72. The number of carbonyl (C=O) groups is 1. The summed E-state index contributed by atoms with van der Waals surface area (Å²) in [6, 6.07) is 8.68. The zero-order chi connectivity index (χ0) is 14.7. The first-order valence-corrected chi connectivity index (χ1v) is 7.94. The molecule has 2 aliphatic rings. The van der Waals surface area contributed by atoms with E-state index in [1.807, 2.05) is 24.3 Å². The number of rotatable bonds is 4. The standard InChI is InChI=1S/C17H24N2O2/c1-21-16-9-3-2-6-13(16)12-17(20)19-11-5-8-15(19)14-7-4-10-18-14/h2-3,6,9,14-15,18H,4-5,7-8,10-12H2,1H3. The summed E-state index contributed by atoms with van der Waals surface area (Å²) in [6.07, 6.45) is 5.13. The van der Waals surface area contributed by atoms with Crippen LogP contribution in [-0.4, -0.2) is 43.1 Å². The minimum Gasteiger partial charge on any atom is -0.496 e. The minimum atomic E-state index is 0.232. The van der Waals surface area contributed by atoms with Gasteiger partial charge in [-0.1, -0.05) is 18.2 Å². The van der Waals surface area contributed by atoms with Crippen LogP contribution >= 0.6 is 0 Å². The van der Waals surface area contributed by atoms with Crippen molar-refractivity contribution in [2.24, 2.45) is 0 Å². The average molecular weight is 288 g/mol. The van der Waals surface area contributed by atoms with Gasteiger partial charge in [0.05, 0.1) is 13.5 Å². The Morgan fingerprint density at radius 2 is 2.19 bits per heavy atom. The van der Waals surface area contributed by atoms with Crippen molar-refractivity contribution < 1.29 is 9.53 Å². The molecule has 3 rings (SSSR count). The lowest BCUT2D eigenvalue weighted by molar-refractivity contribution is -0.131. The first-order chi connectivity index (χ1) is 10.3. The molecule has 0 aromatic heterocycles. The van der Waals surface area contributed by atoms with Crippen LogP contribution in [0.3, 0.4) is 0 Å². The van der Waals surface area contributed by atoms with E-state index in [2.05, 4.69) is 10.2 Å². The van der Waals surface area contributed by atoms with Crippen LogP contribution in [-0.2, 0) is 11.2 Å². The second kappa shape index (κ2) is 6.48. The molecule has 4 heteroatoms. The number of ether oxygens (including phenoxy) is 1. The molecule has 2 aliphatic heterocycles. The van der Waals surface area contributed by atoms with Gasteiger partial charge >= 0.3 is 0 Å². The fourth-order valence-electron chi connectivity index (χ4n) is 3.67. The van der Waals surface area contributed by atoms with Crippen LogP contribution in [0.1, 0.15) is 31.2 Å². The molecule has 2 saturated heterocycles. The molecule has 0 spiro atoms. The molecule has 1 aromatic rings. The highest BCUT2D eigenvalue weighted by molar-refractivity contribution is 5.80. The van der Waals surface area contributed by atoms with E-state index in [1.165, 1.54) is 12.8 Å². The van der Waals surface area contributed by atoms with Crippen LogP contribution in [0, 0.1) is 0 Å². The molecular weight excluding hydrogens is 264 g/mol. The number of amides is 1. The van der Waals surface area contributed by atoms with Crippen LogP contribution in [0.25, 0.3) is 0 Å². The maximum absolute atomic E-state index is 12.7. The summed E-state index contributed by atoms with van der Waals surface area (Å²) < 4.78 is 5.35. The largest absolute Gasteiger partial charge is 0.496 e. The first-order valence-electron chi connectivity index (χ1n) is 7.94. The molecule has 1 N–H and O–H groups in total. The Morgan fingerprint density at radius 3 is 2.95 bits per heavy atom. The van der Waals surface area contributed by atoms with Crippen LogP contribution in [0.15, 0.2) is 24.3 Å². The summed E-state index contributed by atoms with van der Waals surface area (Å²) in [5, 5.41) is 3.55. The highest BCUT2D eigenvalue weighted by atomic mass is 16.5. The molecule has 0 saturated carbocycles. The molecule has 4 nitrogen and oxygen atoms in total. The predicted molar refractivity (Wildman–Crippen MR) is 82.5 cm³/mol. The fraction of sp³-hybridized carbons (Fsp3) is 0.588. The van der Waals surface area contributed by atoms with Crippen molar-refractivity contribution in [1.29, 1.82) is 0 Å². The average Bonchev–Trinajstić information content (AvgIpc) is 3.18. The third kappa shape index (κ3) is 3.05. The highest BCUT2D eigenvalue weighted by Crippen LogP contribution is 2.26. The number of hydrogen-bond donors (Lipinski definition) is 1. The van der Waals surface area contributed by atoms with Gasteiger partial charge in [-0.15, -0.1) is 0 Å². The van der Waals surface area contributed by atoms with Gasteiger partial charge in [0.2, 0.25) is 5.91 Å². The zero-order valence-electron chi connectivity index (χ0n) is 12.7. The Bertz CT molecular complexity index is 497. The molecule has 0 aliphatic carbocycles. The van der Waals surface area contributed by atoms with Crippen molar-refractivity contribution >= 4 is 5.91 Å². The van der Waals surface area contributed by atoms with Crippen molar-refractivity contribution in [2.45, 2.75) is 44.2 Å². The number of likely N-dealkylation sites (tertiary alicyclic amines) is 1. The van der Waals surface area contributed by atoms with Crippen LogP contribution in [0.4, 0.5) is 0 Å². The van der Waals surface area contributed by atoms with Crippen molar-refractivity contribution in [3.8, 4) is 5.75 Å². The molecule has 114 valence electrons. The second-order valence-corrected chi connectivity index (χ2v) is 5.99. The highest BCUT2D eigenvalue weighted by Gasteiger charge is 2.35. The molecule has 2 atom stereocenters. The summed E-state index contributed by atoms with van der Waals surface area (Å²) in [7, 11) is 1.66. The Hall–Kier alpha value is -1.55. The molecule has 0 radical (unpaired) electrons. The van der Waals surface area contributed by atoms with Crippen LogP contribution in [0.2, 0.25) is 0 Å². The Balaban J connectivity index is 1.69. The van der Waals surface area contributed by atoms with Crippen molar-refractivity contribution in [1.82, 2.24) is 10.2 Å². The fourth-order valence-corrected chi connectivity index (χ4v) is 3.67. The molecule has 2 heterocycles. The number of nitrogens with zero attached hydrogens (tertiary/aromatic N) is 1. The molecule has 1 aromatic carbocycles. The topological polar surface area (TPSA) is 41.6 Å². The molecule has 2 unspecified atom stereocenters. The zero-order valence-corrected chi connectivity index (χ0v) is 12.7. The van der Waals surface area contributed by atoms with E-state index in [0.29, 0.717) is 18.5 Å². The van der Waals surface area contributed by atoms with Crippen LogP contribution in [0.5, 0.6) is 5.75 Å². The van der Waals surface area contributed by atoms with Gasteiger partial charge in [-0.05, 0) is 38.3 Å². The monoisotopic (exact) mass is 288 g/mol. The van der Waals surface area contributed by atoms with Gasteiger partial charge in [0.1, 0.15) is 5.75 Å². The normalized spacial score (nSPS) is 25.3. The lowest BCUT2D eigenvalue weighted by Crippen LogP contribution is -2.47. The van der Waals surface area contributed by atoms with Gasteiger partial charge in [-0.25, -0.2) is 0 Å². The summed E-state index contributed by atoms with van der Waals surface area (Å²) >= 11 is 0. The van der Waals surface area contributed by atoms with E-state index in [9.17, 15) is 4.79 Å². The molecule has 0 bridgehead atoms. The molecular formula is C17H24N2O2. The first kappa shape index (κ1) is 14.4. The van der Waals surface area contributed by atoms with E-state index in [1.54, 1.807) is 7.11 Å². The van der Waals surface area contributed by atoms with E-state index in [-0.39, 0.29) is 5.91 Å². The van der Waals surface area contributed by atoms with E-state index >= 15 is 0 Å². The lowest BCUT2D eigenvalue weighted by Gasteiger charge is -2.29. The predicted octanol–water partition coefficient (Wildman–Crippen LogP) is 1.98. The lowest BCUT2D eigenvalue weighted by atomic mass is 10.0. The number of methoxy groups -OCH3 is 1. The Kier molecular flexibility index (Phi) is 4.44. The third-order valence-corrected chi connectivity index (χ3v) is 4.72. The number of carbonyl (C=O) groups excluding carboxylic acids is 1. The number of nitrogens with one attached hydrogen (secondary N) is 1. The van der Waals surface area contributed by atoms with Crippen molar-refractivity contribution in [3.63, 3.8) is 0 Å². The van der Waals surface area contributed by atoms with Crippen molar-refractivity contribution in [2.75, 3.05) is 20.2 Å². The van der Waals surface area contributed by atoms with Gasteiger partial charge in [0.15, 0.2) is 0 Å². The smallest absolute Gasteiger partial charge is 0.227 e. The SMILES string of the molecule is COc1ccccc1CC(=O)N1CCCC1C1CCCN1. The number of hydrogen-bond acceptors (Lipinski definition) is 3. The van der Waals surface area contributed by atoms with Gasteiger partial charge in [-0.3, -0.25) is 4.79 Å². The van der Waals surface area contributed by atoms with E-state index < -0.39 is 0 Å². The van der Waals surface area contributed by atoms with E-state index in [4.69, 9.17) is 4.74 Å². The Morgan fingerprint density at radius 1 is 1.33 bits per heavy atom. The van der Waals surface area contributed by atoms with Gasteiger partial charge < -0.3 is 15.0 Å². The summed E-state index contributed by atoms with van der Waals surface area (Å²) in [6.45, 7) is 1.99. The Labute approximate surface area is 126 Å². The molecule has 1 amide bonds. The van der Waals surface area contributed by atoms with Crippen molar-refractivity contribution in [3.05, 3.63) is 29.8 Å². The van der Waals surface area contributed by atoms with Gasteiger partial charge in [0, 0.05) is 24.2 Å². The molecule has 21 heavy (non-hydrogen) atoms. The maximum atomic E-state index is 12.7. The second-order valence-electron chi connectivity index (χ2n) is 5.99. The van der Waals surface area contributed by atoms with Gasteiger partial charge in [-0.2, -0.15) is 0 Å². The number of benzene rings is 1. The van der Waals surface area contributed by atoms with Crippen LogP contribution < -0.4 is 10.1 Å². The van der Waals surface area contributed by atoms with E-state index in [0.717, 1.165) is 37.2 Å². The summed E-state index contributed by atoms with van der Waals surface area (Å²) in [4.78, 5) is 14.8. The minimum absolute atomic E-state index is 0.232. The summed E-state index contributed by atoms with van der Waals surface area (Å²) in [5.41, 5.74) is 0.982.